The van der Waals surface area contributed by atoms with Crippen molar-refractivity contribution in [3.8, 4) is 11.5 Å². The number of carbonyl (C=O) groups excluding carboxylic acids is 2. The Morgan fingerprint density at radius 2 is 1.63 bits per heavy atom. The smallest absolute Gasteiger partial charge is 0.416 e. The molecule has 0 fully saturated rings. The van der Waals surface area contributed by atoms with Crippen LogP contribution in [0.25, 0.3) is 0 Å². The molecule has 0 aromatic heterocycles. The number of nitrogens with zero attached hydrogens (tertiary/aromatic N) is 1. The number of ketones is 1. The second-order valence-corrected chi connectivity index (χ2v) is 13.0. The highest BCUT2D eigenvalue weighted by Gasteiger charge is 2.35. The van der Waals surface area contributed by atoms with Crippen LogP contribution in [0.2, 0.25) is 0 Å². The van der Waals surface area contributed by atoms with Crippen LogP contribution < -0.4 is 4.74 Å². The van der Waals surface area contributed by atoms with Crippen molar-refractivity contribution in [3.63, 3.8) is 0 Å². The van der Waals surface area contributed by atoms with Crippen LogP contribution in [0.5, 0.6) is 11.5 Å². The number of alkyl halides is 3. The Balaban J connectivity index is 0.00000129. The summed E-state index contributed by atoms with van der Waals surface area (Å²) in [7, 11) is -2.26. The lowest BCUT2D eigenvalue weighted by Crippen LogP contribution is -2.43. The number of rotatable bonds is 9. The van der Waals surface area contributed by atoms with Crippen molar-refractivity contribution < 1.29 is 31.7 Å². The Morgan fingerprint density at radius 1 is 1.07 bits per heavy atom. The summed E-state index contributed by atoms with van der Waals surface area (Å²) in [6.45, 7) is 11.9. The zero-order valence-corrected chi connectivity index (χ0v) is 26.3. The van der Waals surface area contributed by atoms with Crippen molar-refractivity contribution in [1.82, 2.24) is 4.90 Å². The maximum absolute atomic E-state index is 13.2. The van der Waals surface area contributed by atoms with Gasteiger partial charge in [-0.2, -0.15) is 13.2 Å². The largest absolute Gasteiger partial charge is 0.457 e. The third-order valence-corrected chi connectivity index (χ3v) is 7.58. The summed E-state index contributed by atoms with van der Waals surface area (Å²) < 4.78 is 56.6. The quantitative estimate of drug-likeness (QED) is 0.274. The van der Waals surface area contributed by atoms with Crippen LogP contribution >= 0.6 is 0 Å². The summed E-state index contributed by atoms with van der Waals surface area (Å²) in [6.07, 6.45) is 0.887. The van der Waals surface area contributed by atoms with Crippen LogP contribution in [-0.2, 0) is 31.7 Å². The fourth-order valence-corrected chi connectivity index (χ4v) is 5.33. The first-order chi connectivity index (χ1) is 19.2. The summed E-state index contributed by atoms with van der Waals surface area (Å²) in [5, 5.41) is 0. The fraction of sp³-hybridized carbons (Fsp3) is 0.531. The molecule has 1 amide bonds. The van der Waals surface area contributed by atoms with Gasteiger partial charge in [0.15, 0.2) is 0 Å². The molecule has 2 unspecified atom stereocenters. The summed E-state index contributed by atoms with van der Waals surface area (Å²) in [6, 6.07) is 10.2. The minimum atomic E-state index is -4.40. The molecule has 2 aromatic carbocycles. The minimum Gasteiger partial charge on any atom is -0.457 e. The van der Waals surface area contributed by atoms with E-state index in [1.54, 1.807) is 6.26 Å². The van der Waals surface area contributed by atoms with Crippen molar-refractivity contribution in [2.24, 2.45) is 5.92 Å². The predicted octanol–water partition coefficient (Wildman–Crippen LogP) is 8.11. The molecule has 0 N–H and O–H groups in total. The average Bonchev–Trinajstić information content (AvgIpc) is 2.90. The van der Waals surface area contributed by atoms with Gasteiger partial charge in [-0.05, 0) is 95.5 Å². The minimum absolute atomic E-state index is 0.0255. The van der Waals surface area contributed by atoms with Gasteiger partial charge in [0.1, 0.15) is 17.3 Å². The van der Waals surface area contributed by atoms with Crippen LogP contribution in [0.15, 0.2) is 42.5 Å². The van der Waals surface area contributed by atoms with E-state index in [1.165, 1.54) is 26.0 Å². The number of carbonyl (C=O) groups is 2. The number of Topliss-reactive ketones (excluding diaryl/α,β-unsaturated/α-hetero) is 1. The topological polar surface area (TPSA) is 63.7 Å². The zero-order chi connectivity index (χ0) is 31.4. The SMILES string of the molecule is C=S(C)(=O)CCC(=O)N1CCc2ccc(Oc3ccc(C(F)(F)F)cc3)cc2C1[C@@H](CC)CCC.CC.CC(C)=O. The van der Waals surface area contributed by atoms with E-state index in [0.717, 1.165) is 42.5 Å². The molecule has 2 aromatic rings. The number of hydrogen-bond acceptors (Lipinski definition) is 4. The highest BCUT2D eigenvalue weighted by Crippen LogP contribution is 2.41. The molecule has 0 spiro atoms. The molecule has 1 aliphatic rings. The Labute approximate surface area is 244 Å². The van der Waals surface area contributed by atoms with Gasteiger partial charge in [-0.15, -0.1) is 0 Å². The van der Waals surface area contributed by atoms with Gasteiger partial charge in [0, 0.05) is 25.0 Å². The predicted molar refractivity (Wildman–Crippen MR) is 163 cm³/mol. The molecule has 0 saturated heterocycles. The van der Waals surface area contributed by atoms with E-state index < -0.39 is 21.3 Å². The van der Waals surface area contributed by atoms with Gasteiger partial charge in [0.2, 0.25) is 5.91 Å². The van der Waals surface area contributed by atoms with Gasteiger partial charge in [0.25, 0.3) is 0 Å². The Bertz CT molecular complexity index is 1220. The number of hydrogen-bond donors (Lipinski definition) is 0. The van der Waals surface area contributed by atoms with Crippen LogP contribution in [0, 0.1) is 5.92 Å². The maximum atomic E-state index is 13.2. The molecule has 230 valence electrons. The van der Waals surface area contributed by atoms with E-state index in [4.69, 9.17) is 4.74 Å². The highest BCUT2D eigenvalue weighted by atomic mass is 32.2. The van der Waals surface area contributed by atoms with Gasteiger partial charge in [-0.3, -0.25) is 9.00 Å². The lowest BCUT2D eigenvalue weighted by atomic mass is 9.81. The van der Waals surface area contributed by atoms with Crippen molar-refractivity contribution in [2.75, 3.05) is 18.6 Å². The third kappa shape index (κ3) is 11.9. The molecule has 3 rings (SSSR count). The Morgan fingerprint density at radius 3 is 2.12 bits per heavy atom. The van der Waals surface area contributed by atoms with Gasteiger partial charge in [-0.25, -0.2) is 0 Å². The molecule has 3 atom stereocenters. The fourth-order valence-electron chi connectivity index (χ4n) is 4.73. The van der Waals surface area contributed by atoms with Crippen LogP contribution in [0.3, 0.4) is 0 Å². The first-order valence-corrected chi connectivity index (χ1v) is 16.5. The number of benzene rings is 2. The van der Waals surface area contributed by atoms with Gasteiger partial charge in [-0.1, -0.05) is 46.6 Å². The van der Waals surface area contributed by atoms with Crippen LogP contribution in [0.4, 0.5) is 13.2 Å². The Hall–Kier alpha value is -2.81. The first kappa shape index (κ1) is 36.2. The van der Waals surface area contributed by atoms with Crippen molar-refractivity contribution in [3.05, 3.63) is 59.2 Å². The first-order valence-electron chi connectivity index (χ1n) is 14.2. The highest BCUT2D eigenvalue weighted by molar-refractivity contribution is 7.99. The molecule has 1 aliphatic heterocycles. The molecular formula is C32H46F3NO4S. The molecule has 5 nitrogen and oxygen atoms in total. The monoisotopic (exact) mass is 597 g/mol. The van der Waals surface area contributed by atoms with Crippen LogP contribution in [-0.4, -0.2) is 45.2 Å². The van der Waals surface area contributed by atoms with Gasteiger partial charge >= 0.3 is 6.18 Å². The maximum Gasteiger partial charge on any atom is 0.416 e. The van der Waals surface area contributed by atoms with E-state index in [-0.39, 0.29) is 35.8 Å². The van der Waals surface area contributed by atoms with Crippen molar-refractivity contribution in [1.29, 1.82) is 0 Å². The summed E-state index contributed by atoms with van der Waals surface area (Å²) >= 11 is 0. The van der Waals surface area contributed by atoms with E-state index >= 15 is 0 Å². The normalized spacial score (nSPS) is 16.5. The number of halogens is 3. The molecule has 0 bridgehead atoms. The van der Waals surface area contributed by atoms with Crippen LogP contribution in [0.1, 0.15) is 90.0 Å². The average molecular weight is 598 g/mol. The molecule has 0 saturated carbocycles. The number of ether oxygens (including phenoxy) is 1. The standard InChI is InChI=1S/C27H34F3NO3S.C3H6O.C2H6/c1-5-7-19(6-2)26-24-18-23(34-22-12-9-21(10-13-22)27(28,29)30)11-8-20(24)14-16-31(26)25(32)15-17-35(3,4)33;1-3(2)4;1-2/h8-13,18-19,26H,3,5-7,14-17H2,1-2,4H3;1-2H3;1-2H3/t19-,26?,35?;;/m0../s1. The zero-order valence-electron chi connectivity index (χ0n) is 25.5. The number of amides is 1. The Kier molecular flexibility index (Phi) is 14.7. The molecular weight excluding hydrogens is 551 g/mol. The van der Waals surface area contributed by atoms with E-state index in [0.29, 0.717) is 24.5 Å². The lowest BCUT2D eigenvalue weighted by molar-refractivity contribution is -0.137. The summed E-state index contributed by atoms with van der Waals surface area (Å²) in [5.74, 6) is 5.14. The molecule has 9 heteroatoms. The number of fused-ring (bicyclic) bond motifs is 1. The van der Waals surface area contributed by atoms with Gasteiger partial charge in [0.05, 0.1) is 11.6 Å². The van der Waals surface area contributed by atoms with Crippen molar-refractivity contribution in [2.45, 2.75) is 85.9 Å². The van der Waals surface area contributed by atoms with Gasteiger partial charge < -0.3 is 14.4 Å². The second kappa shape index (κ2) is 16.6. The molecule has 0 radical (unpaired) electrons. The van der Waals surface area contributed by atoms with E-state index in [1.807, 2.05) is 36.9 Å². The van der Waals surface area contributed by atoms with E-state index in [2.05, 4.69) is 19.7 Å². The molecule has 41 heavy (non-hydrogen) atoms. The van der Waals surface area contributed by atoms with E-state index in [9.17, 15) is 27.0 Å². The lowest BCUT2D eigenvalue weighted by Gasteiger charge is -2.42. The van der Waals surface area contributed by atoms with Crippen molar-refractivity contribution >= 4 is 27.1 Å². The second-order valence-electron chi connectivity index (χ2n) is 10.3. The third-order valence-electron chi connectivity index (χ3n) is 6.51. The summed E-state index contributed by atoms with van der Waals surface area (Å²) in [5.41, 5.74) is 1.43. The summed E-state index contributed by atoms with van der Waals surface area (Å²) in [4.78, 5) is 24.6. The molecule has 1 heterocycles. The molecule has 0 aliphatic carbocycles.